The average molecular weight is 364 g/mol. The van der Waals surface area contributed by atoms with E-state index in [1.807, 2.05) is 25.7 Å². The van der Waals surface area contributed by atoms with Crippen molar-refractivity contribution in [3.05, 3.63) is 0 Å². The second-order valence-electron chi connectivity index (χ2n) is 9.49. The molecule has 140 valence electrons. The lowest BCUT2D eigenvalue weighted by Gasteiger charge is -2.48. The van der Waals surface area contributed by atoms with E-state index in [1.54, 1.807) is 0 Å². The van der Waals surface area contributed by atoms with Crippen LogP contribution in [0.1, 0.15) is 59.3 Å². The highest BCUT2D eigenvalue weighted by Crippen LogP contribution is 2.38. The topological polar surface area (TPSA) is 46.6 Å². The molecule has 0 aliphatic carbocycles. The summed E-state index contributed by atoms with van der Waals surface area (Å²) in [5.41, 5.74) is 2.80. The minimum atomic E-state index is -1.43. The van der Waals surface area contributed by atoms with Gasteiger partial charge in [0.25, 0.3) is 0 Å². The maximum atomic E-state index is 12.6. The van der Waals surface area contributed by atoms with E-state index in [4.69, 9.17) is 4.74 Å². The van der Waals surface area contributed by atoms with Crippen LogP contribution in [0.4, 0.5) is 4.79 Å². The molecule has 2 fully saturated rings. The first-order valence-corrected chi connectivity index (χ1v) is 13.0. The standard InChI is InChI=1S/C20H33NO3Si/c1-20(2,3)24-19(23)21-16-9-7-10-17(21)14-15(13-16)18(22)11-8-12-25(4,5)6/h15-17H,7,9-11,13-14H2,1-6H3. The van der Waals surface area contributed by atoms with E-state index in [2.05, 4.69) is 31.1 Å². The highest BCUT2D eigenvalue weighted by Gasteiger charge is 2.44. The highest BCUT2D eigenvalue weighted by atomic mass is 28.3. The fourth-order valence-corrected chi connectivity index (χ4v) is 4.42. The largest absolute Gasteiger partial charge is 0.444 e. The van der Waals surface area contributed by atoms with Gasteiger partial charge in [-0.15, -0.1) is 11.5 Å². The molecule has 0 aromatic rings. The van der Waals surface area contributed by atoms with Gasteiger partial charge in [0.15, 0.2) is 0 Å². The summed E-state index contributed by atoms with van der Waals surface area (Å²) >= 11 is 0. The van der Waals surface area contributed by atoms with Crippen LogP contribution >= 0.6 is 0 Å². The summed E-state index contributed by atoms with van der Waals surface area (Å²) < 4.78 is 5.60. The monoisotopic (exact) mass is 363 g/mol. The predicted molar refractivity (Wildman–Crippen MR) is 103 cm³/mol. The average Bonchev–Trinajstić information content (AvgIpc) is 2.42. The van der Waals surface area contributed by atoms with Crippen molar-refractivity contribution in [2.75, 3.05) is 0 Å². The Morgan fingerprint density at radius 1 is 1.12 bits per heavy atom. The number of ketones is 1. The van der Waals surface area contributed by atoms with E-state index in [-0.39, 0.29) is 29.9 Å². The van der Waals surface area contributed by atoms with E-state index in [1.165, 1.54) is 0 Å². The quantitative estimate of drug-likeness (QED) is 0.540. The molecule has 2 rings (SSSR count). The molecule has 1 amide bonds. The Morgan fingerprint density at radius 3 is 2.16 bits per heavy atom. The number of carbonyl (C=O) groups excluding carboxylic acids is 2. The molecule has 2 unspecified atom stereocenters. The van der Waals surface area contributed by atoms with Crippen molar-refractivity contribution < 1.29 is 14.3 Å². The van der Waals surface area contributed by atoms with Gasteiger partial charge in [-0.25, -0.2) is 4.79 Å². The number of fused-ring (bicyclic) bond motifs is 2. The van der Waals surface area contributed by atoms with Crippen molar-refractivity contribution >= 4 is 20.0 Å². The van der Waals surface area contributed by atoms with Gasteiger partial charge in [0.1, 0.15) is 19.5 Å². The Bertz CT molecular complexity index is 562. The number of ether oxygens (including phenoxy) is 1. The van der Waals surface area contributed by atoms with Crippen molar-refractivity contribution in [2.45, 2.75) is 96.6 Å². The van der Waals surface area contributed by atoms with E-state index in [0.717, 1.165) is 32.1 Å². The molecule has 2 atom stereocenters. The Labute approximate surface area is 153 Å². The predicted octanol–water partition coefficient (Wildman–Crippen LogP) is 4.39. The number of piperidine rings is 2. The lowest BCUT2D eigenvalue weighted by atomic mass is 9.76. The number of amides is 1. The Morgan fingerprint density at radius 2 is 1.68 bits per heavy atom. The van der Waals surface area contributed by atoms with Crippen LogP contribution in [-0.2, 0) is 9.53 Å². The molecule has 25 heavy (non-hydrogen) atoms. The molecule has 2 heterocycles. The second kappa shape index (κ2) is 7.53. The fraction of sp³-hybridized carbons (Fsp3) is 0.800. The van der Waals surface area contributed by atoms with Crippen molar-refractivity contribution in [3.63, 3.8) is 0 Å². The zero-order valence-corrected chi connectivity index (χ0v) is 17.6. The van der Waals surface area contributed by atoms with Crippen molar-refractivity contribution in [3.8, 4) is 11.5 Å². The molecule has 2 aliphatic heterocycles. The van der Waals surface area contributed by atoms with Crippen LogP contribution in [0.15, 0.2) is 0 Å². The zero-order chi connectivity index (χ0) is 18.8. The molecule has 4 nitrogen and oxygen atoms in total. The van der Waals surface area contributed by atoms with Crippen LogP contribution in [0, 0.1) is 17.4 Å². The molecule has 0 N–H and O–H groups in total. The third-order valence-electron chi connectivity index (χ3n) is 4.76. The normalized spacial score (nSPS) is 26.5. The Balaban J connectivity index is 2.01. The number of carbonyl (C=O) groups is 2. The minimum Gasteiger partial charge on any atom is -0.444 e. The molecule has 0 aromatic carbocycles. The van der Waals surface area contributed by atoms with Gasteiger partial charge in [-0.05, 0) is 52.9 Å². The third-order valence-corrected chi connectivity index (χ3v) is 5.69. The van der Waals surface area contributed by atoms with Crippen LogP contribution in [0.2, 0.25) is 19.6 Å². The highest BCUT2D eigenvalue weighted by molar-refractivity contribution is 6.83. The first-order chi connectivity index (χ1) is 11.5. The molecule has 2 bridgehead atoms. The molecule has 0 spiro atoms. The fourth-order valence-electron chi connectivity index (χ4n) is 3.80. The van der Waals surface area contributed by atoms with E-state index in [9.17, 15) is 9.59 Å². The summed E-state index contributed by atoms with van der Waals surface area (Å²) in [7, 11) is -1.43. The van der Waals surface area contributed by atoms with Gasteiger partial charge in [0.05, 0.1) is 6.42 Å². The minimum absolute atomic E-state index is 0.0462. The second-order valence-corrected chi connectivity index (χ2v) is 14.2. The summed E-state index contributed by atoms with van der Waals surface area (Å²) in [6, 6.07) is 0.280. The van der Waals surface area contributed by atoms with Gasteiger partial charge in [0, 0.05) is 18.0 Å². The number of hydrogen-bond acceptors (Lipinski definition) is 3. The molecule has 2 saturated heterocycles. The molecule has 0 aromatic heterocycles. The lowest BCUT2D eigenvalue weighted by Crippen LogP contribution is -2.56. The number of nitrogens with zero attached hydrogens (tertiary/aromatic N) is 1. The van der Waals surface area contributed by atoms with Crippen molar-refractivity contribution in [1.82, 2.24) is 4.90 Å². The molecule has 0 radical (unpaired) electrons. The number of hydrogen-bond donors (Lipinski definition) is 0. The summed E-state index contributed by atoms with van der Waals surface area (Å²) in [5, 5.41) is 0. The Kier molecular flexibility index (Phi) is 6.04. The first-order valence-electron chi connectivity index (χ1n) is 9.50. The molecule has 2 aliphatic rings. The molecule has 0 saturated carbocycles. The number of Topliss-reactive ketones (excluding diaryl/α,β-unsaturated/α-hetero) is 1. The third kappa shape index (κ3) is 5.88. The summed E-state index contributed by atoms with van der Waals surface area (Å²) in [6.45, 7) is 12.3. The Hall–Kier alpha value is -1.28. The molecular formula is C20H33NO3Si. The zero-order valence-electron chi connectivity index (χ0n) is 16.6. The van der Waals surface area contributed by atoms with Gasteiger partial charge >= 0.3 is 6.09 Å². The van der Waals surface area contributed by atoms with Gasteiger partial charge in [-0.3, -0.25) is 4.79 Å². The van der Waals surface area contributed by atoms with Crippen LogP contribution in [0.5, 0.6) is 0 Å². The van der Waals surface area contributed by atoms with Crippen LogP contribution in [-0.4, -0.2) is 42.5 Å². The van der Waals surface area contributed by atoms with E-state index >= 15 is 0 Å². The van der Waals surface area contributed by atoms with Gasteiger partial charge < -0.3 is 9.64 Å². The number of rotatable bonds is 2. The van der Waals surface area contributed by atoms with E-state index in [0.29, 0.717) is 6.42 Å². The SMILES string of the molecule is CC(C)(C)OC(=O)N1C2CCCC1CC(C(=O)CC#C[Si](C)(C)C)C2. The smallest absolute Gasteiger partial charge is 0.410 e. The van der Waals surface area contributed by atoms with Gasteiger partial charge in [-0.2, -0.15) is 0 Å². The summed E-state index contributed by atoms with van der Waals surface area (Å²) in [5.74, 6) is 3.41. The van der Waals surface area contributed by atoms with Gasteiger partial charge in [-0.1, -0.05) is 19.6 Å². The summed E-state index contributed by atoms with van der Waals surface area (Å²) in [4.78, 5) is 27.1. The van der Waals surface area contributed by atoms with Crippen LogP contribution in [0.25, 0.3) is 0 Å². The van der Waals surface area contributed by atoms with Gasteiger partial charge in [0.2, 0.25) is 0 Å². The molecule has 5 heteroatoms. The van der Waals surface area contributed by atoms with Crippen LogP contribution < -0.4 is 0 Å². The van der Waals surface area contributed by atoms with Crippen LogP contribution in [0.3, 0.4) is 0 Å². The molecular weight excluding hydrogens is 330 g/mol. The maximum absolute atomic E-state index is 12.6. The van der Waals surface area contributed by atoms with E-state index < -0.39 is 13.7 Å². The first kappa shape index (κ1) is 20.0. The van der Waals surface area contributed by atoms with Crippen molar-refractivity contribution in [2.24, 2.45) is 5.92 Å². The maximum Gasteiger partial charge on any atom is 0.410 e. The summed E-state index contributed by atoms with van der Waals surface area (Å²) in [6.07, 6.45) is 4.75. The lowest BCUT2D eigenvalue weighted by molar-refractivity contribution is -0.126. The van der Waals surface area contributed by atoms with Crippen molar-refractivity contribution in [1.29, 1.82) is 0 Å².